The molecule has 2 saturated heterocycles. The first-order valence-corrected chi connectivity index (χ1v) is 9.23. The van der Waals surface area contributed by atoms with Gasteiger partial charge in [0, 0.05) is 29.7 Å². The Kier molecular flexibility index (Phi) is 3.19. The molecule has 100 valence electrons. The summed E-state index contributed by atoms with van der Waals surface area (Å²) < 4.78 is 2.46. The van der Waals surface area contributed by atoms with Gasteiger partial charge in [0.1, 0.15) is 11.3 Å². The summed E-state index contributed by atoms with van der Waals surface area (Å²) in [4.78, 5) is 9.52. The highest BCUT2D eigenvalue weighted by Crippen LogP contribution is 2.38. The average Bonchev–Trinajstić information content (AvgIpc) is 3.17. The number of pyridine rings is 1. The Bertz CT molecular complexity index is 583. The van der Waals surface area contributed by atoms with E-state index in [4.69, 9.17) is 4.98 Å². The lowest BCUT2D eigenvalue weighted by atomic mass is 10.1. The molecule has 5 heteroatoms. The smallest absolute Gasteiger partial charge is 0.160 e. The van der Waals surface area contributed by atoms with Gasteiger partial charge >= 0.3 is 0 Å². The van der Waals surface area contributed by atoms with E-state index in [2.05, 4.69) is 39.1 Å². The van der Waals surface area contributed by atoms with Gasteiger partial charge in [-0.25, -0.2) is 9.97 Å². The second-order valence-corrected chi connectivity index (χ2v) is 7.56. The van der Waals surface area contributed by atoms with Crippen LogP contribution in [0, 0.1) is 0 Å². The molecule has 0 radical (unpaired) electrons. The van der Waals surface area contributed by atoms with Crippen LogP contribution >= 0.6 is 23.5 Å². The molecule has 4 heterocycles. The third-order valence-corrected chi connectivity index (χ3v) is 6.35. The minimum absolute atomic E-state index is 0.602. The predicted octanol–water partition coefficient (Wildman–Crippen LogP) is 3.33. The number of rotatable bonds is 2. The van der Waals surface area contributed by atoms with E-state index in [1.165, 1.54) is 41.7 Å². The normalized spacial score (nSPS) is 27.4. The van der Waals surface area contributed by atoms with Gasteiger partial charge in [0.25, 0.3) is 0 Å². The fourth-order valence-corrected chi connectivity index (χ4v) is 5.47. The van der Waals surface area contributed by atoms with Crippen molar-refractivity contribution in [2.75, 3.05) is 23.0 Å². The molecule has 0 saturated carbocycles. The highest BCUT2D eigenvalue weighted by atomic mass is 32.2. The molecule has 0 bridgehead atoms. The van der Waals surface area contributed by atoms with Gasteiger partial charge in [-0.2, -0.15) is 23.5 Å². The summed E-state index contributed by atoms with van der Waals surface area (Å²) in [6.45, 7) is 0. The van der Waals surface area contributed by atoms with Crippen LogP contribution in [0.1, 0.15) is 30.6 Å². The number of fused-ring (bicyclic) bond motifs is 1. The lowest BCUT2D eigenvalue weighted by molar-refractivity contribution is 0.524. The highest BCUT2D eigenvalue weighted by Gasteiger charge is 2.29. The van der Waals surface area contributed by atoms with Gasteiger partial charge in [0.2, 0.25) is 0 Å². The van der Waals surface area contributed by atoms with Gasteiger partial charge in [-0.1, -0.05) is 0 Å². The zero-order valence-corrected chi connectivity index (χ0v) is 12.4. The van der Waals surface area contributed by atoms with Crippen molar-refractivity contribution in [3.05, 3.63) is 24.2 Å². The maximum atomic E-state index is 4.92. The molecular formula is C14H17N3S2. The van der Waals surface area contributed by atoms with Crippen molar-refractivity contribution in [3.63, 3.8) is 0 Å². The first-order chi connectivity index (χ1) is 9.43. The van der Waals surface area contributed by atoms with Gasteiger partial charge < -0.3 is 4.57 Å². The predicted molar refractivity (Wildman–Crippen MR) is 83.2 cm³/mol. The van der Waals surface area contributed by atoms with Gasteiger partial charge in [0.05, 0.1) is 0 Å². The molecule has 0 aliphatic carbocycles. The Morgan fingerprint density at radius 1 is 1.16 bits per heavy atom. The van der Waals surface area contributed by atoms with Crippen molar-refractivity contribution in [2.45, 2.75) is 24.8 Å². The van der Waals surface area contributed by atoms with E-state index in [9.17, 15) is 0 Å². The van der Waals surface area contributed by atoms with E-state index in [0.717, 1.165) is 11.2 Å². The van der Waals surface area contributed by atoms with Crippen molar-refractivity contribution >= 4 is 34.7 Å². The summed E-state index contributed by atoms with van der Waals surface area (Å²) in [7, 11) is 0. The molecular weight excluding hydrogens is 274 g/mol. The number of hydrogen-bond donors (Lipinski definition) is 0. The van der Waals surface area contributed by atoms with E-state index < -0.39 is 0 Å². The third-order valence-electron chi connectivity index (χ3n) is 4.04. The summed E-state index contributed by atoms with van der Waals surface area (Å²) in [5, 5.41) is 0. The van der Waals surface area contributed by atoms with Gasteiger partial charge in [-0.15, -0.1) is 0 Å². The maximum absolute atomic E-state index is 4.92. The van der Waals surface area contributed by atoms with Crippen LogP contribution in [0.2, 0.25) is 0 Å². The van der Waals surface area contributed by atoms with Crippen LogP contribution in [0.15, 0.2) is 18.3 Å². The van der Waals surface area contributed by atoms with Crippen molar-refractivity contribution in [1.29, 1.82) is 0 Å². The fraction of sp³-hybridized carbons (Fsp3) is 0.571. The van der Waals surface area contributed by atoms with Crippen LogP contribution in [0.4, 0.5) is 0 Å². The average molecular weight is 291 g/mol. The highest BCUT2D eigenvalue weighted by molar-refractivity contribution is 7.99. The first kappa shape index (κ1) is 12.1. The van der Waals surface area contributed by atoms with E-state index >= 15 is 0 Å². The number of hydrogen-bond acceptors (Lipinski definition) is 4. The van der Waals surface area contributed by atoms with Crippen LogP contribution < -0.4 is 0 Å². The minimum Gasteiger partial charge on any atom is -0.308 e. The molecule has 2 aliphatic heterocycles. The molecule has 4 rings (SSSR count). The van der Waals surface area contributed by atoms with Crippen molar-refractivity contribution in [1.82, 2.24) is 14.5 Å². The molecule has 2 fully saturated rings. The van der Waals surface area contributed by atoms with Crippen molar-refractivity contribution in [3.8, 4) is 0 Å². The Morgan fingerprint density at radius 3 is 2.84 bits per heavy atom. The molecule has 2 unspecified atom stereocenters. The molecule has 0 aromatic carbocycles. The van der Waals surface area contributed by atoms with Crippen molar-refractivity contribution in [2.24, 2.45) is 0 Å². The van der Waals surface area contributed by atoms with Gasteiger partial charge in [-0.05, 0) is 36.5 Å². The fourth-order valence-electron chi connectivity index (χ4n) is 3.06. The second kappa shape index (κ2) is 5.02. The Hall–Kier alpha value is -0.680. The summed E-state index contributed by atoms with van der Waals surface area (Å²) in [6, 6.07) is 4.70. The Balaban J connectivity index is 1.87. The van der Waals surface area contributed by atoms with E-state index in [1.807, 2.05) is 12.3 Å². The lowest BCUT2D eigenvalue weighted by Crippen LogP contribution is -2.15. The van der Waals surface area contributed by atoms with Crippen LogP contribution in [-0.4, -0.2) is 37.5 Å². The van der Waals surface area contributed by atoms with Crippen LogP contribution in [0.25, 0.3) is 11.2 Å². The molecule has 2 aromatic rings. The lowest BCUT2D eigenvalue weighted by Gasteiger charge is -2.17. The second-order valence-electron chi connectivity index (χ2n) is 5.26. The number of imidazole rings is 1. The minimum atomic E-state index is 0.602. The summed E-state index contributed by atoms with van der Waals surface area (Å²) >= 11 is 4.12. The standard InChI is InChI=1S/C14H17N3S2/c1-2-12-14(15-5-1)17(11-4-7-19-9-11)13(16-12)10-3-6-18-8-10/h1-2,5,10-11H,3-4,6-9H2. The molecule has 3 nitrogen and oxygen atoms in total. The Labute approximate surface area is 121 Å². The molecule has 0 amide bonds. The third kappa shape index (κ3) is 2.07. The first-order valence-electron chi connectivity index (χ1n) is 6.92. The summed E-state index contributed by atoms with van der Waals surface area (Å²) in [5.41, 5.74) is 2.17. The van der Waals surface area contributed by atoms with Crippen LogP contribution in [0.5, 0.6) is 0 Å². The molecule has 2 aliphatic rings. The van der Waals surface area contributed by atoms with E-state index in [1.54, 1.807) is 0 Å². The summed E-state index contributed by atoms with van der Waals surface area (Å²) in [5.74, 6) is 6.92. The molecule has 0 N–H and O–H groups in total. The number of aromatic nitrogens is 3. The van der Waals surface area contributed by atoms with E-state index in [-0.39, 0.29) is 0 Å². The maximum Gasteiger partial charge on any atom is 0.160 e. The molecule has 2 aromatic heterocycles. The zero-order valence-electron chi connectivity index (χ0n) is 10.8. The van der Waals surface area contributed by atoms with Crippen molar-refractivity contribution < 1.29 is 0 Å². The molecule has 2 atom stereocenters. The van der Waals surface area contributed by atoms with E-state index in [0.29, 0.717) is 12.0 Å². The quantitative estimate of drug-likeness (QED) is 0.849. The van der Waals surface area contributed by atoms with Crippen LogP contribution in [-0.2, 0) is 0 Å². The van der Waals surface area contributed by atoms with Crippen LogP contribution in [0.3, 0.4) is 0 Å². The summed E-state index contributed by atoms with van der Waals surface area (Å²) in [6.07, 6.45) is 4.43. The van der Waals surface area contributed by atoms with Gasteiger partial charge in [0.15, 0.2) is 5.65 Å². The molecule has 19 heavy (non-hydrogen) atoms. The number of nitrogens with zero attached hydrogens (tertiary/aromatic N) is 3. The SMILES string of the molecule is c1cnc2c(c1)nc(C1CCSC1)n2C1CCSC1. The zero-order chi connectivity index (χ0) is 12.7. The largest absolute Gasteiger partial charge is 0.308 e. The topological polar surface area (TPSA) is 30.7 Å². The molecule has 0 spiro atoms. The monoisotopic (exact) mass is 291 g/mol. The Morgan fingerprint density at radius 2 is 2.05 bits per heavy atom. The van der Waals surface area contributed by atoms with Gasteiger partial charge in [-0.3, -0.25) is 0 Å². The number of thioether (sulfide) groups is 2.